The molecule has 5 aromatic rings. The van der Waals surface area contributed by atoms with Gasteiger partial charge in [-0.1, -0.05) is 117 Å². The van der Waals surface area contributed by atoms with Crippen molar-refractivity contribution in [3.8, 4) is 22.3 Å². The van der Waals surface area contributed by atoms with E-state index < -0.39 is 0 Å². The molecule has 0 aliphatic heterocycles. The molecule has 0 saturated carbocycles. The van der Waals surface area contributed by atoms with Crippen LogP contribution in [-0.2, 0) is 18.3 Å². The molecule has 1 aliphatic carbocycles. The summed E-state index contributed by atoms with van der Waals surface area (Å²) in [5.74, 6) is 0. The first-order valence-corrected chi connectivity index (χ1v) is 14.9. The number of hydrogen-bond acceptors (Lipinski definition) is 0. The summed E-state index contributed by atoms with van der Waals surface area (Å²) < 4.78 is 0. The monoisotopic (exact) mass is 520 g/mol. The molecule has 0 N–H and O–H groups in total. The van der Waals surface area contributed by atoms with Gasteiger partial charge < -0.3 is 0 Å². The van der Waals surface area contributed by atoms with Gasteiger partial charge >= 0.3 is 0 Å². The Balaban J connectivity index is 1.59. The van der Waals surface area contributed by atoms with Crippen LogP contribution in [0.3, 0.4) is 0 Å². The van der Waals surface area contributed by atoms with E-state index in [0.29, 0.717) is 0 Å². The first-order valence-electron chi connectivity index (χ1n) is 14.9. The van der Waals surface area contributed by atoms with Crippen molar-refractivity contribution in [2.45, 2.75) is 66.2 Å². The number of benzene rings is 5. The second-order valence-electron chi connectivity index (χ2n) is 11.9. The molecule has 1 aliphatic rings. The van der Waals surface area contributed by atoms with Crippen molar-refractivity contribution in [3.05, 3.63) is 136 Å². The average Bonchev–Trinajstić information content (AvgIpc) is 3.22. The van der Waals surface area contributed by atoms with Gasteiger partial charge in [0.15, 0.2) is 0 Å². The smallest absolute Gasteiger partial charge is 0.0227 e. The molecule has 0 radical (unpaired) electrons. The van der Waals surface area contributed by atoms with Gasteiger partial charge in [0, 0.05) is 5.41 Å². The van der Waals surface area contributed by atoms with Gasteiger partial charge in [-0.05, 0) is 118 Å². The normalized spacial score (nSPS) is 16.1. The largest absolute Gasteiger partial charge is 0.0870 e. The summed E-state index contributed by atoms with van der Waals surface area (Å²) >= 11 is 0. The highest BCUT2D eigenvalue weighted by Gasteiger charge is 2.41. The SMILES string of the molecule is CC=Cc1c(C)c(CCC)cc(CC2(C)c3ccccc3-c3c(-c4ccc(C)c5ccccc45)cccc32)c1C. The van der Waals surface area contributed by atoms with E-state index in [4.69, 9.17) is 0 Å². The lowest BCUT2D eigenvalue weighted by molar-refractivity contribution is 0.580. The predicted octanol–water partition coefficient (Wildman–Crippen LogP) is 10.9. The fraction of sp³-hybridized carbons (Fsp3) is 0.250. The summed E-state index contributed by atoms with van der Waals surface area (Å²) in [5.41, 5.74) is 16.8. The molecule has 0 spiro atoms. The first kappa shape index (κ1) is 26.3. The standard InChI is InChI=1S/C40H40/c1-7-14-29-24-30(28(5)32(15-8-2)27(29)4)25-40(6)37-20-12-11-18-36(37)39-35(19-13-21-38(39)40)34-23-22-26(3)31-16-9-10-17-33(31)34/h8-13,15-24H,7,14,25H2,1-6H3. The molecule has 200 valence electrons. The molecule has 0 amide bonds. The molecule has 1 atom stereocenters. The van der Waals surface area contributed by atoms with Gasteiger partial charge in [-0.25, -0.2) is 0 Å². The Hall–Kier alpha value is -3.90. The zero-order valence-electron chi connectivity index (χ0n) is 24.9. The van der Waals surface area contributed by atoms with Crippen molar-refractivity contribution < 1.29 is 0 Å². The van der Waals surface area contributed by atoms with Crippen molar-refractivity contribution in [3.63, 3.8) is 0 Å². The van der Waals surface area contributed by atoms with Crippen LogP contribution in [-0.4, -0.2) is 0 Å². The fourth-order valence-electron chi connectivity index (χ4n) is 7.29. The fourth-order valence-corrected chi connectivity index (χ4v) is 7.29. The van der Waals surface area contributed by atoms with Gasteiger partial charge in [0.2, 0.25) is 0 Å². The van der Waals surface area contributed by atoms with Crippen molar-refractivity contribution in [1.82, 2.24) is 0 Å². The zero-order chi connectivity index (χ0) is 28.0. The van der Waals surface area contributed by atoms with Crippen LogP contribution in [0, 0.1) is 20.8 Å². The van der Waals surface area contributed by atoms with Crippen molar-refractivity contribution in [1.29, 1.82) is 0 Å². The van der Waals surface area contributed by atoms with Gasteiger partial charge in [0.25, 0.3) is 0 Å². The molecule has 0 bridgehead atoms. The van der Waals surface area contributed by atoms with E-state index in [1.165, 1.54) is 77.5 Å². The molecule has 0 heteroatoms. The van der Waals surface area contributed by atoms with Gasteiger partial charge in [-0.3, -0.25) is 0 Å². The van der Waals surface area contributed by atoms with Crippen LogP contribution in [0.4, 0.5) is 0 Å². The highest BCUT2D eigenvalue weighted by atomic mass is 14.4. The molecule has 1 unspecified atom stereocenters. The molecule has 0 fully saturated rings. The van der Waals surface area contributed by atoms with Crippen molar-refractivity contribution in [2.75, 3.05) is 0 Å². The Morgan fingerprint density at radius 1 is 0.675 bits per heavy atom. The number of aryl methyl sites for hydroxylation is 2. The minimum atomic E-state index is -0.112. The van der Waals surface area contributed by atoms with Gasteiger partial charge in [0.1, 0.15) is 0 Å². The Kier molecular flexibility index (Phi) is 6.75. The predicted molar refractivity (Wildman–Crippen MR) is 174 cm³/mol. The molecule has 6 rings (SSSR count). The van der Waals surface area contributed by atoms with Crippen LogP contribution in [0.5, 0.6) is 0 Å². The van der Waals surface area contributed by atoms with E-state index in [2.05, 4.69) is 139 Å². The third kappa shape index (κ3) is 4.05. The Morgan fingerprint density at radius 3 is 2.12 bits per heavy atom. The Morgan fingerprint density at radius 2 is 1.35 bits per heavy atom. The summed E-state index contributed by atoms with van der Waals surface area (Å²) in [6.45, 7) is 13.7. The summed E-state index contributed by atoms with van der Waals surface area (Å²) in [5, 5.41) is 2.67. The van der Waals surface area contributed by atoms with E-state index in [1.54, 1.807) is 0 Å². The quantitative estimate of drug-likeness (QED) is 0.209. The average molecular weight is 521 g/mol. The molecule has 40 heavy (non-hydrogen) atoms. The van der Waals surface area contributed by atoms with Crippen LogP contribution in [0.1, 0.15) is 71.7 Å². The third-order valence-corrected chi connectivity index (χ3v) is 9.40. The topological polar surface area (TPSA) is 0 Å². The zero-order valence-corrected chi connectivity index (χ0v) is 24.9. The third-order valence-electron chi connectivity index (χ3n) is 9.40. The van der Waals surface area contributed by atoms with Crippen LogP contribution in [0.15, 0.2) is 91.0 Å². The van der Waals surface area contributed by atoms with Gasteiger partial charge in [-0.15, -0.1) is 0 Å². The number of hydrogen-bond donors (Lipinski definition) is 0. The maximum atomic E-state index is 2.52. The Labute approximate surface area is 240 Å². The van der Waals surface area contributed by atoms with Gasteiger partial charge in [0.05, 0.1) is 0 Å². The van der Waals surface area contributed by atoms with Crippen molar-refractivity contribution >= 4 is 16.8 Å². The maximum Gasteiger partial charge on any atom is 0.0227 e. The van der Waals surface area contributed by atoms with E-state index in [1.807, 2.05) is 0 Å². The molecule has 0 saturated heterocycles. The molecule has 0 nitrogen and oxygen atoms in total. The number of allylic oxidation sites excluding steroid dienone is 1. The lowest BCUT2D eigenvalue weighted by Crippen LogP contribution is -2.25. The highest BCUT2D eigenvalue weighted by molar-refractivity contribution is 6.03. The van der Waals surface area contributed by atoms with Gasteiger partial charge in [-0.2, -0.15) is 0 Å². The maximum absolute atomic E-state index is 2.52. The molecule has 0 heterocycles. The number of rotatable bonds is 6. The first-order chi connectivity index (χ1) is 19.4. The van der Waals surface area contributed by atoms with Crippen LogP contribution < -0.4 is 0 Å². The van der Waals surface area contributed by atoms with E-state index in [9.17, 15) is 0 Å². The minimum Gasteiger partial charge on any atom is -0.0870 e. The number of fused-ring (bicyclic) bond motifs is 4. The summed E-state index contributed by atoms with van der Waals surface area (Å²) in [6.07, 6.45) is 7.78. The van der Waals surface area contributed by atoms with E-state index in [-0.39, 0.29) is 5.41 Å². The summed E-state index contributed by atoms with van der Waals surface area (Å²) in [6, 6.07) is 32.1. The second kappa shape index (κ2) is 10.3. The summed E-state index contributed by atoms with van der Waals surface area (Å²) in [7, 11) is 0. The lowest BCUT2D eigenvalue weighted by Gasteiger charge is -2.30. The molecule has 0 aromatic heterocycles. The van der Waals surface area contributed by atoms with Crippen LogP contribution in [0.2, 0.25) is 0 Å². The van der Waals surface area contributed by atoms with E-state index >= 15 is 0 Å². The van der Waals surface area contributed by atoms with Crippen LogP contribution >= 0.6 is 0 Å². The molecule has 5 aromatic carbocycles. The van der Waals surface area contributed by atoms with Crippen LogP contribution in [0.25, 0.3) is 39.1 Å². The summed E-state index contributed by atoms with van der Waals surface area (Å²) in [4.78, 5) is 0. The Bertz CT molecular complexity index is 1780. The second-order valence-corrected chi connectivity index (χ2v) is 11.9. The van der Waals surface area contributed by atoms with Crippen molar-refractivity contribution in [2.24, 2.45) is 0 Å². The highest BCUT2D eigenvalue weighted by Crippen LogP contribution is 2.54. The molecular weight excluding hydrogens is 480 g/mol. The van der Waals surface area contributed by atoms with E-state index in [0.717, 1.165) is 19.3 Å². The minimum absolute atomic E-state index is 0.112. The molecular formula is C40H40. The lowest BCUT2D eigenvalue weighted by atomic mass is 9.73.